The van der Waals surface area contributed by atoms with Gasteiger partial charge in [0.05, 0.1) is 11.5 Å². The van der Waals surface area contributed by atoms with Crippen molar-refractivity contribution in [3.05, 3.63) is 11.4 Å². The van der Waals surface area contributed by atoms with E-state index in [1.54, 1.807) is 11.8 Å². The van der Waals surface area contributed by atoms with Crippen LogP contribution >= 0.6 is 11.8 Å². The molecule has 1 aliphatic heterocycles. The van der Waals surface area contributed by atoms with Crippen LogP contribution in [-0.4, -0.2) is 23.3 Å². The molecule has 1 saturated heterocycles. The highest BCUT2D eigenvalue weighted by Gasteiger charge is 2.29. The van der Waals surface area contributed by atoms with Gasteiger partial charge in [-0.3, -0.25) is 4.79 Å². The zero-order valence-electron chi connectivity index (χ0n) is 4.26. The molecule has 2 nitrogen and oxygen atoms in total. The summed E-state index contributed by atoms with van der Waals surface area (Å²) in [5.41, 5.74) is 0. The second kappa shape index (κ2) is 2.19. The summed E-state index contributed by atoms with van der Waals surface area (Å²) in [6.07, 6.45) is 0. The molecule has 0 aromatic heterocycles. The van der Waals surface area contributed by atoms with E-state index in [1.165, 1.54) is 0 Å². The number of thioether (sulfide) groups is 1. The van der Waals surface area contributed by atoms with Crippen LogP contribution in [0.4, 0.5) is 0 Å². The predicted octanol–water partition coefficient (Wildman–Crippen LogP) is 0.590. The maximum atomic E-state index is 10.6. The molecular formula is C5H5NOS. The highest BCUT2D eigenvalue weighted by Crippen LogP contribution is 2.16. The van der Waals surface area contributed by atoms with Crippen LogP contribution in [0.2, 0.25) is 0 Å². The Morgan fingerprint density at radius 1 is 1.88 bits per heavy atom. The van der Waals surface area contributed by atoms with Gasteiger partial charge in [-0.15, -0.1) is 11.8 Å². The van der Waals surface area contributed by atoms with Crippen molar-refractivity contribution in [1.29, 1.82) is 0 Å². The summed E-state index contributed by atoms with van der Waals surface area (Å²) in [6, 6.07) is -0.319. The lowest BCUT2D eigenvalue weighted by Crippen LogP contribution is -2.11. The number of rotatable bonds is 0. The zero-order valence-corrected chi connectivity index (χ0v) is 5.07. The Balaban J connectivity index is 2.58. The average molecular weight is 127 g/mol. The summed E-state index contributed by atoms with van der Waals surface area (Å²) in [6.45, 7) is 6.52. The van der Waals surface area contributed by atoms with Crippen molar-refractivity contribution in [1.82, 2.24) is 0 Å². The fourth-order valence-corrected chi connectivity index (χ4v) is 1.56. The molecule has 42 valence electrons. The third kappa shape index (κ3) is 0.846. The van der Waals surface area contributed by atoms with Crippen LogP contribution in [0.25, 0.3) is 4.85 Å². The highest BCUT2D eigenvalue weighted by molar-refractivity contribution is 8.00. The average Bonchev–Trinajstić information content (AvgIpc) is 2.14. The van der Waals surface area contributed by atoms with Crippen LogP contribution in [0.15, 0.2) is 0 Å². The fraction of sp³-hybridized carbons (Fsp3) is 0.600. The van der Waals surface area contributed by atoms with Crippen molar-refractivity contribution >= 4 is 17.5 Å². The summed E-state index contributed by atoms with van der Waals surface area (Å²) < 4.78 is 0. The Morgan fingerprint density at radius 3 is 2.88 bits per heavy atom. The number of carbonyl (C=O) groups excluding carboxylic acids is 1. The van der Waals surface area contributed by atoms with Crippen LogP contribution in [0.5, 0.6) is 0 Å². The van der Waals surface area contributed by atoms with Gasteiger partial charge in [0.25, 0.3) is 6.04 Å². The van der Waals surface area contributed by atoms with E-state index in [0.29, 0.717) is 11.5 Å². The Morgan fingerprint density at radius 2 is 2.62 bits per heavy atom. The lowest BCUT2D eigenvalue weighted by Gasteiger charge is -1.83. The van der Waals surface area contributed by atoms with Crippen molar-refractivity contribution in [3.63, 3.8) is 0 Å². The van der Waals surface area contributed by atoms with Crippen molar-refractivity contribution in [3.8, 4) is 0 Å². The molecule has 0 N–H and O–H groups in total. The molecular weight excluding hydrogens is 122 g/mol. The van der Waals surface area contributed by atoms with Gasteiger partial charge in [-0.1, -0.05) is 0 Å². The maximum absolute atomic E-state index is 10.6. The minimum Gasteiger partial charge on any atom is -0.304 e. The summed E-state index contributed by atoms with van der Waals surface area (Å²) in [4.78, 5) is 13.7. The second-order valence-electron chi connectivity index (χ2n) is 1.63. The van der Waals surface area contributed by atoms with Gasteiger partial charge in [0, 0.05) is 0 Å². The minimum absolute atomic E-state index is 0.102. The molecule has 3 heteroatoms. The molecule has 8 heavy (non-hydrogen) atoms. The number of carbonyl (C=O) groups is 1. The van der Waals surface area contributed by atoms with Crippen LogP contribution in [0, 0.1) is 6.57 Å². The van der Waals surface area contributed by atoms with E-state index in [-0.39, 0.29) is 11.8 Å². The fourth-order valence-electron chi connectivity index (χ4n) is 0.570. The highest BCUT2D eigenvalue weighted by atomic mass is 32.2. The van der Waals surface area contributed by atoms with E-state index >= 15 is 0 Å². The van der Waals surface area contributed by atoms with Crippen LogP contribution in [0.3, 0.4) is 0 Å². The third-order valence-corrected chi connectivity index (χ3v) is 2.09. The Labute approximate surface area is 52.1 Å². The van der Waals surface area contributed by atoms with Crippen molar-refractivity contribution in [2.75, 3.05) is 11.5 Å². The summed E-state index contributed by atoms with van der Waals surface area (Å²) >= 11 is 1.55. The first-order valence-corrected chi connectivity index (χ1v) is 3.47. The van der Waals surface area contributed by atoms with E-state index in [2.05, 4.69) is 4.85 Å². The molecule has 0 spiro atoms. The van der Waals surface area contributed by atoms with Gasteiger partial charge in [0.2, 0.25) is 5.78 Å². The standard InChI is InChI=1S/C5H5NOS/c1-6-4-2-8-3-5(4)7/h4H,2-3H2. The van der Waals surface area contributed by atoms with E-state index in [0.717, 1.165) is 0 Å². The Bertz CT molecular complexity index is 149. The molecule has 0 aliphatic carbocycles. The van der Waals surface area contributed by atoms with Gasteiger partial charge in [0.15, 0.2) is 0 Å². The molecule has 0 radical (unpaired) electrons. The number of hydrogen-bond donors (Lipinski definition) is 0. The molecule has 1 fully saturated rings. The summed E-state index contributed by atoms with van der Waals surface area (Å²) in [5, 5.41) is 0. The number of ketones is 1. The second-order valence-corrected chi connectivity index (χ2v) is 2.66. The van der Waals surface area contributed by atoms with Gasteiger partial charge in [-0.2, -0.15) is 0 Å². The SMILES string of the molecule is [C-]#[N+]C1CSCC1=O. The maximum Gasteiger partial charge on any atom is 0.290 e. The molecule has 0 saturated carbocycles. The van der Waals surface area contributed by atoms with Crippen molar-refractivity contribution < 1.29 is 4.79 Å². The smallest absolute Gasteiger partial charge is 0.290 e. The van der Waals surface area contributed by atoms with E-state index in [1.807, 2.05) is 0 Å². The van der Waals surface area contributed by atoms with Crippen LogP contribution < -0.4 is 0 Å². The molecule has 1 aliphatic rings. The quantitative estimate of drug-likeness (QED) is 0.444. The van der Waals surface area contributed by atoms with E-state index < -0.39 is 0 Å². The predicted molar refractivity (Wildman–Crippen MR) is 32.7 cm³/mol. The van der Waals surface area contributed by atoms with Gasteiger partial charge >= 0.3 is 0 Å². The lowest BCUT2D eigenvalue weighted by atomic mass is 10.3. The third-order valence-electron chi connectivity index (χ3n) is 1.05. The van der Waals surface area contributed by atoms with Gasteiger partial charge < -0.3 is 4.85 Å². The van der Waals surface area contributed by atoms with Gasteiger partial charge in [0.1, 0.15) is 0 Å². The van der Waals surface area contributed by atoms with Gasteiger partial charge in [-0.05, 0) is 0 Å². The molecule has 1 unspecified atom stereocenters. The monoisotopic (exact) mass is 127 g/mol. The number of nitrogens with zero attached hydrogens (tertiary/aromatic N) is 1. The molecule has 1 heterocycles. The molecule has 0 bridgehead atoms. The lowest BCUT2D eigenvalue weighted by molar-refractivity contribution is -0.116. The molecule has 1 rings (SSSR count). The first-order valence-electron chi connectivity index (χ1n) is 2.31. The first-order chi connectivity index (χ1) is 3.84. The molecule has 0 amide bonds. The Hall–Kier alpha value is -0.490. The van der Waals surface area contributed by atoms with E-state index in [9.17, 15) is 4.79 Å². The first kappa shape index (κ1) is 5.64. The molecule has 0 aromatic rings. The van der Waals surface area contributed by atoms with Crippen molar-refractivity contribution in [2.24, 2.45) is 0 Å². The van der Waals surface area contributed by atoms with E-state index in [4.69, 9.17) is 6.57 Å². The molecule has 0 aromatic carbocycles. The van der Waals surface area contributed by atoms with Crippen LogP contribution in [-0.2, 0) is 4.79 Å². The van der Waals surface area contributed by atoms with Crippen molar-refractivity contribution in [2.45, 2.75) is 6.04 Å². The number of Topliss-reactive ketones (excluding diaryl/α,β-unsaturated/α-hetero) is 1. The largest absolute Gasteiger partial charge is 0.304 e. The molecule has 1 atom stereocenters. The zero-order chi connectivity index (χ0) is 5.98. The topological polar surface area (TPSA) is 21.4 Å². The summed E-state index contributed by atoms with van der Waals surface area (Å²) in [5.74, 6) is 1.36. The Kier molecular flexibility index (Phi) is 1.54. The summed E-state index contributed by atoms with van der Waals surface area (Å²) in [7, 11) is 0. The number of hydrogen-bond acceptors (Lipinski definition) is 2. The van der Waals surface area contributed by atoms with Gasteiger partial charge in [-0.25, -0.2) is 6.57 Å². The normalized spacial score (nSPS) is 27.9. The minimum atomic E-state index is -0.319. The van der Waals surface area contributed by atoms with Crippen LogP contribution in [0.1, 0.15) is 0 Å².